The zero-order valence-electron chi connectivity index (χ0n) is 10.6. The van der Waals surface area contributed by atoms with Crippen LogP contribution in [-0.2, 0) is 11.3 Å². The van der Waals surface area contributed by atoms with Crippen LogP contribution in [0.5, 0.6) is 5.75 Å². The minimum absolute atomic E-state index is 0.0487. The van der Waals surface area contributed by atoms with Gasteiger partial charge in [0, 0.05) is 16.6 Å². The predicted octanol–water partition coefficient (Wildman–Crippen LogP) is 2.75. The van der Waals surface area contributed by atoms with Crippen LogP contribution >= 0.6 is 15.9 Å². The average molecular weight is 316 g/mol. The number of benzene rings is 1. The van der Waals surface area contributed by atoms with Gasteiger partial charge in [-0.15, -0.1) is 0 Å². The molecule has 0 amide bonds. The fourth-order valence-corrected chi connectivity index (χ4v) is 2.15. The molecule has 0 atom stereocenters. The van der Waals surface area contributed by atoms with Gasteiger partial charge in [-0.1, -0.05) is 28.9 Å². The third-order valence-corrected chi connectivity index (χ3v) is 3.04. The molecule has 100 valence electrons. The first-order valence-corrected chi connectivity index (χ1v) is 6.62. The Labute approximate surface area is 116 Å². The topological polar surface area (TPSA) is 49.8 Å². The predicted molar refractivity (Wildman–Crippen MR) is 73.9 cm³/mol. The molecule has 0 saturated heterocycles. The largest absolute Gasteiger partial charge is 0.496 e. The quantitative estimate of drug-likeness (QED) is 0.840. The molecule has 0 saturated carbocycles. The van der Waals surface area contributed by atoms with E-state index in [2.05, 4.69) is 15.9 Å². The highest BCUT2D eigenvalue weighted by atomic mass is 79.9. The second-order valence-corrected chi connectivity index (χ2v) is 4.98. The Morgan fingerprint density at radius 1 is 1.50 bits per heavy atom. The van der Waals surface area contributed by atoms with Crippen molar-refractivity contribution in [2.75, 3.05) is 20.2 Å². The van der Waals surface area contributed by atoms with E-state index < -0.39 is 5.97 Å². The minimum Gasteiger partial charge on any atom is -0.496 e. The van der Waals surface area contributed by atoms with Crippen molar-refractivity contribution in [3.63, 3.8) is 0 Å². The van der Waals surface area contributed by atoms with Crippen molar-refractivity contribution < 1.29 is 14.6 Å². The highest BCUT2D eigenvalue weighted by molar-refractivity contribution is 9.10. The molecule has 0 unspecified atom stereocenters. The van der Waals surface area contributed by atoms with E-state index in [0.717, 1.165) is 28.8 Å². The third-order valence-electron chi connectivity index (χ3n) is 2.54. The smallest absolute Gasteiger partial charge is 0.317 e. The van der Waals surface area contributed by atoms with Crippen LogP contribution in [0.25, 0.3) is 0 Å². The summed E-state index contributed by atoms with van der Waals surface area (Å²) in [4.78, 5) is 12.7. The number of halogens is 1. The molecule has 0 aliphatic carbocycles. The van der Waals surface area contributed by atoms with E-state index in [-0.39, 0.29) is 6.54 Å². The van der Waals surface area contributed by atoms with Crippen molar-refractivity contribution >= 4 is 21.9 Å². The highest BCUT2D eigenvalue weighted by Gasteiger charge is 2.12. The van der Waals surface area contributed by atoms with Crippen LogP contribution in [0.15, 0.2) is 22.7 Å². The van der Waals surface area contributed by atoms with E-state index in [0.29, 0.717) is 6.54 Å². The molecule has 18 heavy (non-hydrogen) atoms. The van der Waals surface area contributed by atoms with Gasteiger partial charge in [-0.25, -0.2) is 0 Å². The fourth-order valence-electron chi connectivity index (χ4n) is 1.81. The first-order valence-electron chi connectivity index (χ1n) is 5.83. The van der Waals surface area contributed by atoms with Gasteiger partial charge in [0.25, 0.3) is 0 Å². The van der Waals surface area contributed by atoms with E-state index in [1.54, 1.807) is 7.11 Å². The first-order chi connectivity index (χ1) is 8.56. The summed E-state index contributed by atoms with van der Waals surface area (Å²) in [7, 11) is 1.62. The Bertz CT molecular complexity index is 409. The highest BCUT2D eigenvalue weighted by Crippen LogP contribution is 2.24. The lowest BCUT2D eigenvalue weighted by Crippen LogP contribution is -2.30. The van der Waals surface area contributed by atoms with Gasteiger partial charge < -0.3 is 9.84 Å². The Morgan fingerprint density at radius 2 is 2.22 bits per heavy atom. The molecule has 1 N–H and O–H groups in total. The SMILES string of the molecule is CCCN(CC(=O)O)Cc1ccc(Br)cc1OC. The van der Waals surface area contributed by atoms with E-state index >= 15 is 0 Å². The summed E-state index contributed by atoms with van der Waals surface area (Å²) in [6.45, 7) is 3.42. The Hall–Kier alpha value is -1.07. The number of nitrogens with zero attached hydrogens (tertiary/aromatic N) is 1. The van der Waals surface area contributed by atoms with Gasteiger partial charge in [0.1, 0.15) is 5.75 Å². The third kappa shape index (κ3) is 4.66. The van der Waals surface area contributed by atoms with E-state index in [9.17, 15) is 4.79 Å². The molecule has 5 heteroatoms. The number of rotatable bonds is 7. The Balaban J connectivity index is 2.82. The molecule has 0 aliphatic rings. The Kier molecular flexibility index (Phi) is 6.15. The second kappa shape index (κ2) is 7.38. The number of methoxy groups -OCH3 is 1. The average Bonchev–Trinajstić information content (AvgIpc) is 2.31. The van der Waals surface area contributed by atoms with Crippen LogP contribution in [0, 0.1) is 0 Å². The molecule has 0 spiro atoms. The summed E-state index contributed by atoms with van der Waals surface area (Å²) in [5.41, 5.74) is 0.996. The standard InChI is InChI=1S/C13H18BrNO3/c1-3-6-15(9-13(16)17)8-10-4-5-11(14)7-12(10)18-2/h4-5,7H,3,6,8-9H2,1-2H3,(H,16,17). The lowest BCUT2D eigenvalue weighted by Gasteiger charge is -2.20. The summed E-state index contributed by atoms with van der Waals surface area (Å²) >= 11 is 3.39. The van der Waals surface area contributed by atoms with Crippen molar-refractivity contribution in [2.24, 2.45) is 0 Å². The maximum absolute atomic E-state index is 10.8. The monoisotopic (exact) mass is 315 g/mol. The number of carbonyl (C=O) groups is 1. The molecule has 0 bridgehead atoms. The van der Waals surface area contributed by atoms with Crippen molar-refractivity contribution in [3.8, 4) is 5.75 Å². The molecule has 1 aromatic rings. The number of aliphatic carboxylic acids is 1. The molecule has 4 nitrogen and oxygen atoms in total. The van der Waals surface area contributed by atoms with E-state index in [1.807, 2.05) is 30.0 Å². The normalized spacial score (nSPS) is 10.7. The minimum atomic E-state index is -0.806. The molecule has 1 rings (SSSR count). The zero-order valence-corrected chi connectivity index (χ0v) is 12.2. The summed E-state index contributed by atoms with van der Waals surface area (Å²) in [6.07, 6.45) is 0.923. The lowest BCUT2D eigenvalue weighted by atomic mass is 10.2. The molecular weight excluding hydrogens is 298 g/mol. The van der Waals surface area contributed by atoms with Crippen molar-refractivity contribution in [3.05, 3.63) is 28.2 Å². The van der Waals surface area contributed by atoms with E-state index in [1.165, 1.54) is 0 Å². The van der Waals surface area contributed by atoms with Gasteiger partial charge in [0.05, 0.1) is 13.7 Å². The van der Waals surface area contributed by atoms with Crippen LogP contribution in [0.2, 0.25) is 0 Å². The summed E-state index contributed by atoms with van der Waals surface area (Å²) in [5.74, 6) is -0.0320. The molecule has 0 heterocycles. The number of carboxylic acids is 1. The Morgan fingerprint density at radius 3 is 2.78 bits per heavy atom. The zero-order chi connectivity index (χ0) is 13.5. The maximum atomic E-state index is 10.8. The van der Waals surface area contributed by atoms with Crippen molar-refractivity contribution in [1.29, 1.82) is 0 Å². The molecule has 0 aliphatic heterocycles. The number of hydrogen-bond donors (Lipinski definition) is 1. The van der Waals surface area contributed by atoms with Gasteiger partial charge in [-0.05, 0) is 25.1 Å². The van der Waals surface area contributed by atoms with Crippen LogP contribution in [0.1, 0.15) is 18.9 Å². The number of carboxylic acid groups (broad SMARTS) is 1. The van der Waals surface area contributed by atoms with Gasteiger partial charge in [-0.2, -0.15) is 0 Å². The molecular formula is C13H18BrNO3. The van der Waals surface area contributed by atoms with Gasteiger partial charge in [-0.3, -0.25) is 9.69 Å². The van der Waals surface area contributed by atoms with Crippen molar-refractivity contribution in [1.82, 2.24) is 4.90 Å². The fraction of sp³-hybridized carbons (Fsp3) is 0.462. The van der Waals surface area contributed by atoms with Crippen LogP contribution in [-0.4, -0.2) is 36.2 Å². The van der Waals surface area contributed by atoms with Crippen LogP contribution < -0.4 is 4.74 Å². The van der Waals surface area contributed by atoms with Crippen LogP contribution in [0.4, 0.5) is 0 Å². The molecule has 0 fully saturated rings. The van der Waals surface area contributed by atoms with Gasteiger partial charge in [0.15, 0.2) is 0 Å². The second-order valence-electron chi connectivity index (χ2n) is 4.06. The number of hydrogen-bond acceptors (Lipinski definition) is 3. The summed E-state index contributed by atoms with van der Waals surface area (Å²) in [5, 5.41) is 8.88. The number of ether oxygens (including phenoxy) is 1. The molecule has 1 aromatic carbocycles. The van der Waals surface area contributed by atoms with Gasteiger partial charge in [0.2, 0.25) is 0 Å². The maximum Gasteiger partial charge on any atom is 0.317 e. The molecule has 0 aromatic heterocycles. The lowest BCUT2D eigenvalue weighted by molar-refractivity contribution is -0.138. The van der Waals surface area contributed by atoms with Gasteiger partial charge >= 0.3 is 5.97 Å². The summed E-state index contributed by atoms with van der Waals surface area (Å²) in [6, 6.07) is 5.77. The van der Waals surface area contributed by atoms with Crippen molar-refractivity contribution in [2.45, 2.75) is 19.9 Å². The first kappa shape index (κ1) is 15.0. The van der Waals surface area contributed by atoms with Crippen LogP contribution in [0.3, 0.4) is 0 Å². The molecule has 0 radical (unpaired) electrons. The van der Waals surface area contributed by atoms with E-state index in [4.69, 9.17) is 9.84 Å². The summed E-state index contributed by atoms with van der Waals surface area (Å²) < 4.78 is 6.25.